The average molecular weight is 327 g/mol. The van der Waals surface area contributed by atoms with Crippen LogP contribution in [0.5, 0.6) is 0 Å². The zero-order chi connectivity index (χ0) is 16.2. The molecule has 4 rings (SSSR count). The van der Waals surface area contributed by atoms with Crippen molar-refractivity contribution in [3.8, 4) is 11.5 Å². The van der Waals surface area contributed by atoms with Gasteiger partial charge in [-0.2, -0.15) is 10.2 Å². The van der Waals surface area contributed by atoms with Crippen molar-refractivity contribution < 1.29 is 9.15 Å². The first-order valence-electron chi connectivity index (χ1n) is 8.27. The van der Waals surface area contributed by atoms with E-state index in [0.717, 1.165) is 56.4 Å². The molecule has 1 N–H and O–H groups in total. The Balaban J connectivity index is 1.39. The molecule has 1 fully saturated rings. The molecule has 0 spiro atoms. The van der Waals surface area contributed by atoms with E-state index in [1.54, 1.807) is 12.4 Å². The van der Waals surface area contributed by atoms with Crippen LogP contribution in [0.1, 0.15) is 12.2 Å². The second kappa shape index (κ2) is 7.02. The quantitative estimate of drug-likeness (QED) is 0.777. The standard InChI is InChI=1S/C17H21N5O2/c1-6-19-22(9-1)13-15-12-21(8-2-10-23-15)11-14-3-4-17(24-14)16-5-7-18-20-16/h1,3-7,9,15H,2,8,10-13H2,(H,18,20)/t15-/m0/s1. The first-order chi connectivity index (χ1) is 11.9. The molecule has 0 amide bonds. The van der Waals surface area contributed by atoms with E-state index in [1.165, 1.54) is 0 Å². The Kier molecular flexibility index (Phi) is 4.44. The summed E-state index contributed by atoms with van der Waals surface area (Å²) in [6, 6.07) is 7.86. The molecule has 4 heterocycles. The van der Waals surface area contributed by atoms with Crippen molar-refractivity contribution in [3.63, 3.8) is 0 Å². The zero-order valence-electron chi connectivity index (χ0n) is 13.5. The van der Waals surface area contributed by atoms with Crippen molar-refractivity contribution in [2.24, 2.45) is 0 Å². The van der Waals surface area contributed by atoms with Gasteiger partial charge < -0.3 is 9.15 Å². The fourth-order valence-corrected chi connectivity index (χ4v) is 3.06. The number of H-pyrrole nitrogens is 1. The minimum atomic E-state index is 0.148. The van der Waals surface area contributed by atoms with E-state index in [9.17, 15) is 0 Å². The van der Waals surface area contributed by atoms with Crippen LogP contribution in [0.3, 0.4) is 0 Å². The Morgan fingerprint density at radius 1 is 1.25 bits per heavy atom. The van der Waals surface area contributed by atoms with Gasteiger partial charge >= 0.3 is 0 Å². The van der Waals surface area contributed by atoms with E-state index >= 15 is 0 Å². The lowest BCUT2D eigenvalue weighted by Gasteiger charge is -2.22. The van der Waals surface area contributed by atoms with Gasteiger partial charge in [-0.05, 0) is 30.7 Å². The molecule has 3 aromatic rings. The molecule has 1 aliphatic heterocycles. The van der Waals surface area contributed by atoms with Gasteiger partial charge in [0, 0.05) is 38.3 Å². The second-order valence-corrected chi connectivity index (χ2v) is 6.05. The molecule has 1 atom stereocenters. The Morgan fingerprint density at radius 3 is 3.08 bits per heavy atom. The Hall–Kier alpha value is -2.38. The summed E-state index contributed by atoms with van der Waals surface area (Å²) in [7, 11) is 0. The van der Waals surface area contributed by atoms with Gasteiger partial charge in [0.1, 0.15) is 11.5 Å². The van der Waals surface area contributed by atoms with E-state index < -0.39 is 0 Å². The number of hydrogen-bond acceptors (Lipinski definition) is 5. The van der Waals surface area contributed by atoms with Crippen LogP contribution >= 0.6 is 0 Å². The summed E-state index contributed by atoms with van der Waals surface area (Å²) in [6.07, 6.45) is 6.68. The van der Waals surface area contributed by atoms with Gasteiger partial charge in [0.25, 0.3) is 0 Å². The van der Waals surface area contributed by atoms with Gasteiger partial charge in [0.05, 0.1) is 19.2 Å². The number of aromatic nitrogens is 4. The van der Waals surface area contributed by atoms with E-state index in [1.807, 2.05) is 35.1 Å². The molecule has 0 bridgehead atoms. The van der Waals surface area contributed by atoms with Gasteiger partial charge in [-0.3, -0.25) is 14.7 Å². The molecule has 7 nitrogen and oxygen atoms in total. The molecule has 1 aliphatic rings. The second-order valence-electron chi connectivity index (χ2n) is 6.05. The lowest BCUT2D eigenvalue weighted by molar-refractivity contribution is 0.0384. The fraction of sp³-hybridized carbons (Fsp3) is 0.412. The number of ether oxygens (including phenoxy) is 1. The predicted molar refractivity (Wildman–Crippen MR) is 88.2 cm³/mol. The van der Waals surface area contributed by atoms with Crippen LogP contribution in [0.4, 0.5) is 0 Å². The number of hydrogen-bond donors (Lipinski definition) is 1. The van der Waals surface area contributed by atoms with Crippen LogP contribution in [-0.2, 0) is 17.8 Å². The van der Waals surface area contributed by atoms with Crippen LogP contribution in [-0.4, -0.2) is 50.7 Å². The molecule has 3 aromatic heterocycles. The average Bonchev–Trinajstić information content (AvgIpc) is 3.30. The summed E-state index contributed by atoms with van der Waals surface area (Å²) in [4.78, 5) is 2.39. The summed E-state index contributed by atoms with van der Waals surface area (Å²) < 4.78 is 13.8. The van der Waals surface area contributed by atoms with E-state index in [2.05, 4.69) is 20.2 Å². The maximum absolute atomic E-state index is 5.96. The van der Waals surface area contributed by atoms with Crippen molar-refractivity contribution in [2.75, 3.05) is 19.7 Å². The van der Waals surface area contributed by atoms with E-state index in [4.69, 9.17) is 9.15 Å². The third-order valence-corrected chi connectivity index (χ3v) is 4.19. The molecule has 0 aliphatic carbocycles. The Bertz CT molecular complexity index is 735. The fourth-order valence-electron chi connectivity index (χ4n) is 3.06. The smallest absolute Gasteiger partial charge is 0.152 e. The molecule has 0 saturated carbocycles. The van der Waals surface area contributed by atoms with Crippen LogP contribution in [0.15, 0.2) is 47.3 Å². The van der Waals surface area contributed by atoms with Crippen LogP contribution in [0, 0.1) is 0 Å². The zero-order valence-corrected chi connectivity index (χ0v) is 13.5. The van der Waals surface area contributed by atoms with Gasteiger partial charge in [-0.1, -0.05) is 0 Å². The molecule has 7 heteroatoms. The van der Waals surface area contributed by atoms with Crippen molar-refractivity contribution in [2.45, 2.75) is 25.6 Å². The van der Waals surface area contributed by atoms with Crippen LogP contribution < -0.4 is 0 Å². The Labute approximate surface area is 140 Å². The summed E-state index contributed by atoms with van der Waals surface area (Å²) in [5, 5.41) is 11.2. The highest BCUT2D eigenvalue weighted by Crippen LogP contribution is 2.21. The molecule has 0 unspecified atom stereocenters. The van der Waals surface area contributed by atoms with E-state index in [0.29, 0.717) is 0 Å². The van der Waals surface area contributed by atoms with Crippen molar-refractivity contribution >= 4 is 0 Å². The lowest BCUT2D eigenvalue weighted by Crippen LogP contribution is -2.34. The van der Waals surface area contributed by atoms with Crippen molar-refractivity contribution in [3.05, 3.63) is 48.6 Å². The SMILES string of the molecule is c1cnn(C[C@@H]2CN(Cc3ccc(-c4ccn[nH]4)o3)CCCO2)c1. The van der Waals surface area contributed by atoms with Gasteiger partial charge in [-0.15, -0.1) is 0 Å². The lowest BCUT2D eigenvalue weighted by atomic mass is 10.3. The first-order valence-corrected chi connectivity index (χ1v) is 8.27. The third kappa shape index (κ3) is 3.58. The summed E-state index contributed by atoms with van der Waals surface area (Å²) in [5.74, 6) is 1.78. The largest absolute Gasteiger partial charge is 0.458 e. The monoisotopic (exact) mass is 327 g/mol. The molecular weight excluding hydrogens is 306 g/mol. The normalized spacial score (nSPS) is 19.4. The number of furan rings is 1. The maximum Gasteiger partial charge on any atom is 0.152 e. The summed E-state index contributed by atoms with van der Waals surface area (Å²) in [5.41, 5.74) is 0.900. The number of aromatic amines is 1. The summed E-state index contributed by atoms with van der Waals surface area (Å²) in [6.45, 7) is 4.24. The number of nitrogens with zero attached hydrogens (tertiary/aromatic N) is 4. The molecular formula is C17H21N5O2. The molecule has 1 saturated heterocycles. The van der Waals surface area contributed by atoms with Gasteiger partial charge in [0.2, 0.25) is 0 Å². The summed E-state index contributed by atoms with van der Waals surface area (Å²) >= 11 is 0. The molecule has 0 radical (unpaired) electrons. The van der Waals surface area contributed by atoms with Gasteiger partial charge in [-0.25, -0.2) is 0 Å². The van der Waals surface area contributed by atoms with Crippen LogP contribution in [0.25, 0.3) is 11.5 Å². The van der Waals surface area contributed by atoms with Crippen LogP contribution in [0.2, 0.25) is 0 Å². The highest BCUT2D eigenvalue weighted by atomic mass is 16.5. The van der Waals surface area contributed by atoms with Gasteiger partial charge in [0.15, 0.2) is 5.76 Å². The topological polar surface area (TPSA) is 72.1 Å². The maximum atomic E-state index is 5.96. The minimum absolute atomic E-state index is 0.148. The number of nitrogens with one attached hydrogen (secondary N) is 1. The predicted octanol–water partition coefficient (Wildman–Crippen LogP) is 2.16. The molecule has 0 aromatic carbocycles. The first kappa shape index (κ1) is 15.2. The molecule has 24 heavy (non-hydrogen) atoms. The minimum Gasteiger partial charge on any atom is -0.458 e. The number of rotatable bonds is 5. The molecule has 126 valence electrons. The van der Waals surface area contributed by atoms with Crippen molar-refractivity contribution in [1.82, 2.24) is 24.9 Å². The highest BCUT2D eigenvalue weighted by molar-refractivity contribution is 5.51. The third-order valence-electron chi connectivity index (χ3n) is 4.19. The highest BCUT2D eigenvalue weighted by Gasteiger charge is 2.20. The van der Waals surface area contributed by atoms with Crippen molar-refractivity contribution in [1.29, 1.82) is 0 Å². The van der Waals surface area contributed by atoms with E-state index in [-0.39, 0.29) is 6.10 Å². The Morgan fingerprint density at radius 2 is 2.25 bits per heavy atom.